The number of benzene rings is 1. The number of carbonyl (C=O) groups is 1. The first-order valence-electron chi connectivity index (χ1n) is 27.3. The molecule has 0 spiro atoms. The van der Waals surface area contributed by atoms with Gasteiger partial charge in [0.05, 0.1) is 45.2 Å². The fourth-order valence-corrected chi connectivity index (χ4v) is 11.2. The Bertz CT molecular complexity index is 2280. The van der Waals surface area contributed by atoms with Gasteiger partial charge in [0.2, 0.25) is 0 Å². The maximum absolute atomic E-state index is 13.2. The van der Waals surface area contributed by atoms with Gasteiger partial charge in [0.25, 0.3) is 0 Å². The molecule has 0 saturated carbocycles. The first kappa shape index (κ1) is 67.5. The van der Waals surface area contributed by atoms with Crippen LogP contribution in [0.4, 0.5) is 0 Å². The summed E-state index contributed by atoms with van der Waals surface area (Å²) in [5.41, 5.74) is -0.131. The number of aromatic hydroxyl groups is 1. The Morgan fingerprint density at radius 3 is 0.674 bits per heavy atom. The molecular formula is C49H74O37. The predicted molar refractivity (Wildman–Crippen MR) is 260 cm³/mol. The van der Waals surface area contributed by atoms with E-state index in [1.54, 1.807) is 0 Å². The van der Waals surface area contributed by atoms with E-state index in [0.717, 1.165) is 12.1 Å². The molecule has 21 fully saturated rings. The number of phenolic OH excluding ortho intramolecular Hbond substituents is 1. The molecule has 86 heavy (non-hydrogen) atoms. The summed E-state index contributed by atoms with van der Waals surface area (Å²) in [5, 5.41) is 233. The van der Waals surface area contributed by atoms with Crippen LogP contribution in [0, 0.1) is 0 Å². The quantitative estimate of drug-likeness (QED) is 0.102. The topological polar surface area (TPSA) is 580 Å². The van der Waals surface area contributed by atoms with Crippen molar-refractivity contribution >= 4 is 5.97 Å². The van der Waals surface area contributed by atoms with Crippen LogP contribution in [0.3, 0.4) is 0 Å². The minimum absolute atomic E-state index is 0.131. The SMILES string of the molecule is O=C(OC[C@H]1O[C@@H]2O[C@H]3[C@H](O)[C@@H](O)[C@@H](O[C@H]4[C@H](O)[C@@H](O)[C@@H](O[C@H]5[C@H](O)[C@@H](O)[C@@H](O[C@H]6[C@H](O)[C@@H](O)[C@@H](O[C@H]7[C@H](O)[C@@H](O)[C@@H](O[C@H]8[C@H](O)[C@@H](O)[C@@H](O[C@H]1[C@H](O)[C@H]2O)O[C@@H]8CO)O[C@@H]7CO)O[C@@H]6CO)O[C@@H]5CO)O[C@@H]4CO)O[C@@H]3CO)c1ccc(O)cc1. The summed E-state index contributed by atoms with van der Waals surface area (Å²) < 4.78 is 86.0. The fourth-order valence-electron chi connectivity index (χ4n) is 11.2. The highest BCUT2D eigenvalue weighted by molar-refractivity contribution is 5.89. The molecule has 0 radical (unpaired) electrons. The van der Waals surface area contributed by atoms with E-state index in [4.69, 9.17) is 71.1 Å². The number of ether oxygens (including phenoxy) is 15. The molecule has 37 nitrogen and oxygen atoms in total. The average Bonchev–Trinajstić information content (AvgIpc) is 1.12. The Labute approximate surface area is 485 Å². The highest BCUT2D eigenvalue weighted by atomic mass is 16.8. The van der Waals surface area contributed by atoms with Gasteiger partial charge in [0.15, 0.2) is 44.0 Å². The molecule has 14 bridgehead atoms. The molecule has 0 amide bonds. The second-order valence-corrected chi connectivity index (χ2v) is 21.6. The van der Waals surface area contributed by atoms with Gasteiger partial charge in [-0.2, -0.15) is 0 Å². The van der Waals surface area contributed by atoms with Gasteiger partial charge in [-0.25, -0.2) is 4.79 Å². The van der Waals surface area contributed by atoms with Crippen molar-refractivity contribution in [1.82, 2.24) is 0 Å². The van der Waals surface area contributed by atoms with Crippen LogP contribution in [0.5, 0.6) is 5.75 Å². The predicted octanol–water partition coefficient (Wildman–Crippen LogP) is -13.7. The molecule has 21 aliphatic heterocycles. The molecule has 1 aromatic rings. The minimum Gasteiger partial charge on any atom is -0.508 e. The Morgan fingerprint density at radius 2 is 0.477 bits per heavy atom. The van der Waals surface area contributed by atoms with Crippen molar-refractivity contribution in [3.05, 3.63) is 29.8 Å². The number of esters is 1. The molecule has 21 saturated heterocycles. The third-order valence-electron chi connectivity index (χ3n) is 16.1. The molecule has 21 N–H and O–H groups in total. The van der Waals surface area contributed by atoms with Crippen LogP contribution in [0.2, 0.25) is 0 Å². The van der Waals surface area contributed by atoms with E-state index in [1.165, 1.54) is 12.1 Å². The van der Waals surface area contributed by atoms with Crippen LogP contribution in [0.25, 0.3) is 0 Å². The van der Waals surface area contributed by atoms with Gasteiger partial charge in [-0.3, -0.25) is 0 Å². The lowest BCUT2D eigenvalue weighted by atomic mass is 9.95. The van der Waals surface area contributed by atoms with E-state index in [1.807, 2.05) is 0 Å². The Morgan fingerprint density at radius 1 is 0.291 bits per heavy atom. The summed E-state index contributed by atoms with van der Waals surface area (Å²) in [4.78, 5) is 13.2. The lowest BCUT2D eigenvalue weighted by Crippen LogP contribution is -2.68. The number of hydrogen-bond acceptors (Lipinski definition) is 37. The molecule has 21 aliphatic rings. The van der Waals surface area contributed by atoms with Crippen molar-refractivity contribution in [2.45, 2.75) is 215 Å². The highest BCUT2D eigenvalue weighted by Crippen LogP contribution is 2.39. The van der Waals surface area contributed by atoms with Crippen LogP contribution in [-0.2, 0) is 71.1 Å². The summed E-state index contributed by atoms with van der Waals surface area (Å²) in [6.45, 7) is -7.41. The van der Waals surface area contributed by atoms with Gasteiger partial charge in [-0.1, -0.05) is 0 Å². The first-order valence-corrected chi connectivity index (χ1v) is 27.3. The molecule has 1 aromatic carbocycles. The zero-order chi connectivity index (χ0) is 62.3. The summed E-state index contributed by atoms with van der Waals surface area (Å²) in [6, 6.07) is 4.64. The summed E-state index contributed by atoms with van der Waals surface area (Å²) in [7, 11) is 0. The number of aliphatic hydroxyl groups excluding tert-OH is 20. The molecule has 492 valence electrons. The third kappa shape index (κ3) is 13.5. The van der Waals surface area contributed by atoms with E-state index >= 15 is 0 Å². The molecular weight excluding hydrogens is 1180 g/mol. The second-order valence-electron chi connectivity index (χ2n) is 21.6. The van der Waals surface area contributed by atoms with Crippen molar-refractivity contribution in [3.63, 3.8) is 0 Å². The van der Waals surface area contributed by atoms with Crippen LogP contribution in [-0.4, -0.2) is 374 Å². The average molecular weight is 1260 g/mol. The highest BCUT2D eigenvalue weighted by Gasteiger charge is 2.60. The monoisotopic (exact) mass is 1250 g/mol. The number of rotatable bonds is 9. The Kier molecular flexibility index (Phi) is 22.6. The van der Waals surface area contributed by atoms with E-state index in [9.17, 15) is 112 Å². The minimum atomic E-state index is -2.30. The van der Waals surface area contributed by atoms with Gasteiger partial charge >= 0.3 is 5.97 Å². The van der Waals surface area contributed by atoms with Crippen LogP contribution in [0.15, 0.2) is 24.3 Å². The third-order valence-corrected chi connectivity index (χ3v) is 16.1. The van der Waals surface area contributed by atoms with E-state index in [-0.39, 0.29) is 11.3 Å². The van der Waals surface area contributed by atoms with Crippen LogP contribution < -0.4 is 0 Å². The first-order chi connectivity index (χ1) is 41.0. The maximum atomic E-state index is 13.2. The second kappa shape index (κ2) is 28.7. The standard InChI is InChI=1S/C49H74O37/c50-5-14-35-22(58)29(65)44(74-14)82-37-16(7-52)76-46(31(67)24(37)60)84-39-18(9-54)78-48(33(69)26(39)62)86-41-20(11-72-42(71)12-1-3-13(56)4-2-12)79-49(34(70)27(41)63)85-40-19(10-55)77-47(32(68)25(40)61)83-38-17(8-53)75-45(30(66)23(38)59)81-36-15(6-51)73-43(80-35)28(64)21(36)57/h1-4,14-41,43-70H,5-11H2/t14-,15-,16-,17-,18-,19-,20-,21-,22-,23-,24-,25-,26-,27-,28-,29-,30-,31-,32-,33-,34-,35-,36-,37-,38-,39-,40-,41-,43-,44-,45-,46-,47-,48-,49-/m1/s1. The van der Waals surface area contributed by atoms with Crippen LogP contribution >= 0.6 is 0 Å². The van der Waals surface area contributed by atoms with Gasteiger partial charge in [0.1, 0.15) is 183 Å². The smallest absolute Gasteiger partial charge is 0.338 e. The van der Waals surface area contributed by atoms with Crippen molar-refractivity contribution in [2.75, 3.05) is 46.2 Å². The van der Waals surface area contributed by atoms with Crippen molar-refractivity contribution in [2.24, 2.45) is 0 Å². The molecule has 22 rings (SSSR count). The maximum Gasteiger partial charge on any atom is 0.338 e. The molecule has 0 aromatic heterocycles. The largest absolute Gasteiger partial charge is 0.508 e. The van der Waals surface area contributed by atoms with Gasteiger partial charge < -0.3 is 178 Å². The lowest BCUT2D eigenvalue weighted by Gasteiger charge is -2.50. The lowest BCUT2D eigenvalue weighted by molar-refractivity contribution is -0.396. The zero-order valence-corrected chi connectivity index (χ0v) is 44.9. The van der Waals surface area contributed by atoms with Crippen molar-refractivity contribution in [1.29, 1.82) is 0 Å². The summed E-state index contributed by atoms with van der Waals surface area (Å²) in [6.07, 6.45) is -72.1. The fraction of sp³-hybridized carbons (Fsp3) is 0.857. The van der Waals surface area contributed by atoms with Gasteiger partial charge in [0, 0.05) is 0 Å². The van der Waals surface area contributed by atoms with E-state index in [0.29, 0.717) is 0 Å². The molecule has 21 heterocycles. The number of aliphatic hydroxyl groups is 20. The Balaban J connectivity index is 1.02. The molecule has 0 aliphatic carbocycles. The normalized spacial score (nSPS) is 50.7. The molecule has 0 unspecified atom stereocenters. The zero-order valence-electron chi connectivity index (χ0n) is 44.9. The number of hydrogen-bond donors (Lipinski definition) is 21. The number of phenols is 1. The van der Waals surface area contributed by atoms with Crippen molar-refractivity contribution < 1.29 is 183 Å². The van der Waals surface area contributed by atoms with E-state index in [2.05, 4.69) is 0 Å². The Hall–Kier alpha value is -2.87. The van der Waals surface area contributed by atoms with Gasteiger partial charge in [-0.15, -0.1) is 0 Å². The van der Waals surface area contributed by atoms with Crippen LogP contribution in [0.1, 0.15) is 10.4 Å². The summed E-state index contributed by atoms with van der Waals surface area (Å²) >= 11 is 0. The number of carbonyl (C=O) groups excluding carboxylic acids is 1. The summed E-state index contributed by atoms with van der Waals surface area (Å²) in [5.74, 6) is -1.29. The van der Waals surface area contributed by atoms with Crippen molar-refractivity contribution in [3.8, 4) is 5.75 Å². The molecule has 37 heteroatoms. The molecule has 35 atom stereocenters. The van der Waals surface area contributed by atoms with E-state index < -0.39 is 267 Å². The van der Waals surface area contributed by atoms with Gasteiger partial charge in [-0.05, 0) is 24.3 Å².